The number of alkyl halides is 3. The van der Waals surface area contributed by atoms with E-state index in [1.807, 2.05) is 0 Å². The molecule has 1 heterocycles. The summed E-state index contributed by atoms with van der Waals surface area (Å²) >= 11 is 2.97. The molecule has 1 aromatic carbocycles. The Kier molecular flexibility index (Phi) is 4.41. The van der Waals surface area contributed by atoms with Crippen molar-refractivity contribution < 1.29 is 22.4 Å². The summed E-state index contributed by atoms with van der Waals surface area (Å²) in [5.41, 5.74) is -1.41. The van der Waals surface area contributed by atoms with Gasteiger partial charge in [-0.2, -0.15) is 13.2 Å². The van der Waals surface area contributed by atoms with Crippen molar-refractivity contribution in [1.82, 2.24) is 5.32 Å². The molecule has 0 saturated heterocycles. The molecule has 0 aliphatic heterocycles. The number of carbonyl (C=O) groups excluding carboxylic acids is 1. The van der Waals surface area contributed by atoms with Gasteiger partial charge in [-0.05, 0) is 37.3 Å². The lowest BCUT2D eigenvalue weighted by atomic mass is 10.1. The summed E-state index contributed by atoms with van der Waals surface area (Å²) in [5.74, 6) is -0.340. The summed E-state index contributed by atoms with van der Waals surface area (Å²) in [6, 6.07) is 6.15. The highest BCUT2D eigenvalue weighted by Gasteiger charge is 2.35. The summed E-state index contributed by atoms with van der Waals surface area (Å²) < 4.78 is 44.3. The summed E-state index contributed by atoms with van der Waals surface area (Å²) in [5, 5.41) is 2.48. The topological polar surface area (TPSA) is 42.2 Å². The van der Waals surface area contributed by atoms with Gasteiger partial charge in [0.05, 0.1) is 23.4 Å². The lowest BCUT2D eigenvalue weighted by Gasteiger charge is -2.16. The molecule has 0 spiro atoms. The Bertz CT molecular complexity index is 638. The van der Waals surface area contributed by atoms with Crippen molar-refractivity contribution >= 4 is 21.8 Å². The molecule has 0 fully saturated rings. The Hall–Kier alpha value is -1.76. The first kappa shape index (κ1) is 15.6. The van der Waals surface area contributed by atoms with Crippen molar-refractivity contribution in [2.24, 2.45) is 0 Å². The Labute approximate surface area is 127 Å². The van der Waals surface area contributed by atoms with Crippen molar-refractivity contribution in [3.05, 3.63) is 58.0 Å². The van der Waals surface area contributed by atoms with Gasteiger partial charge in [-0.15, -0.1) is 0 Å². The molecule has 0 bridgehead atoms. The first-order valence-corrected chi connectivity index (χ1v) is 6.79. The van der Waals surface area contributed by atoms with E-state index in [0.717, 1.165) is 12.1 Å². The summed E-state index contributed by atoms with van der Waals surface area (Å²) in [4.78, 5) is 12.1. The molecule has 2 aromatic rings. The van der Waals surface area contributed by atoms with Crippen LogP contribution in [0.1, 0.15) is 34.6 Å². The maximum absolute atomic E-state index is 13.0. The number of amides is 1. The van der Waals surface area contributed by atoms with E-state index >= 15 is 0 Å². The van der Waals surface area contributed by atoms with Gasteiger partial charge in [0.15, 0.2) is 0 Å². The Morgan fingerprint density at radius 3 is 2.62 bits per heavy atom. The van der Waals surface area contributed by atoms with Crippen molar-refractivity contribution in [2.45, 2.75) is 19.1 Å². The van der Waals surface area contributed by atoms with Gasteiger partial charge in [0.1, 0.15) is 5.76 Å². The van der Waals surface area contributed by atoms with E-state index in [0.29, 0.717) is 5.76 Å². The molecule has 1 unspecified atom stereocenters. The zero-order chi connectivity index (χ0) is 15.6. The van der Waals surface area contributed by atoms with E-state index in [4.69, 9.17) is 4.42 Å². The second-order valence-corrected chi connectivity index (χ2v) is 5.31. The van der Waals surface area contributed by atoms with Gasteiger partial charge in [-0.1, -0.05) is 15.9 Å². The fraction of sp³-hybridized carbons (Fsp3) is 0.214. The third kappa shape index (κ3) is 3.66. The van der Waals surface area contributed by atoms with Gasteiger partial charge in [0.2, 0.25) is 0 Å². The predicted octanol–water partition coefficient (Wildman–Crippen LogP) is 4.55. The number of rotatable bonds is 3. The van der Waals surface area contributed by atoms with Gasteiger partial charge < -0.3 is 9.73 Å². The molecule has 112 valence electrons. The highest BCUT2D eigenvalue weighted by Crippen LogP contribution is 2.34. The molecule has 1 atom stereocenters. The van der Waals surface area contributed by atoms with Gasteiger partial charge in [0, 0.05) is 4.47 Å². The minimum atomic E-state index is -4.61. The molecule has 0 aliphatic rings. The van der Waals surface area contributed by atoms with Crippen LogP contribution in [0, 0.1) is 0 Å². The number of hydrogen-bond acceptors (Lipinski definition) is 2. The van der Waals surface area contributed by atoms with Crippen LogP contribution in [0.4, 0.5) is 13.2 Å². The fourth-order valence-electron chi connectivity index (χ4n) is 1.83. The molecule has 0 saturated carbocycles. The number of furan rings is 1. The highest BCUT2D eigenvalue weighted by atomic mass is 79.9. The van der Waals surface area contributed by atoms with Gasteiger partial charge in [0.25, 0.3) is 5.91 Å². The van der Waals surface area contributed by atoms with E-state index in [1.54, 1.807) is 19.1 Å². The monoisotopic (exact) mass is 361 g/mol. The number of carbonyl (C=O) groups is 1. The fourth-order valence-corrected chi connectivity index (χ4v) is 2.19. The Morgan fingerprint density at radius 2 is 2.05 bits per heavy atom. The normalized spacial score (nSPS) is 13.0. The number of benzene rings is 1. The third-order valence-corrected chi connectivity index (χ3v) is 3.34. The second-order valence-electron chi connectivity index (χ2n) is 4.40. The lowest BCUT2D eigenvalue weighted by Crippen LogP contribution is -2.28. The maximum atomic E-state index is 13.0. The third-order valence-electron chi connectivity index (χ3n) is 2.85. The summed E-state index contributed by atoms with van der Waals surface area (Å²) in [7, 11) is 0. The van der Waals surface area contributed by atoms with Crippen molar-refractivity contribution in [2.75, 3.05) is 0 Å². The molecule has 1 aromatic heterocycles. The lowest BCUT2D eigenvalue weighted by molar-refractivity contribution is -0.138. The van der Waals surface area contributed by atoms with E-state index < -0.39 is 29.3 Å². The van der Waals surface area contributed by atoms with Crippen LogP contribution in [0.5, 0.6) is 0 Å². The molecule has 7 heteroatoms. The minimum Gasteiger partial charge on any atom is -0.467 e. The van der Waals surface area contributed by atoms with Crippen LogP contribution in [0.25, 0.3) is 0 Å². The zero-order valence-corrected chi connectivity index (χ0v) is 12.5. The highest BCUT2D eigenvalue weighted by molar-refractivity contribution is 9.10. The molecular weight excluding hydrogens is 351 g/mol. The first-order chi connectivity index (χ1) is 9.79. The molecule has 0 aliphatic carbocycles. The quantitative estimate of drug-likeness (QED) is 0.871. The smallest absolute Gasteiger partial charge is 0.417 e. The number of halogens is 4. The van der Waals surface area contributed by atoms with Gasteiger partial charge in [-0.25, -0.2) is 0 Å². The van der Waals surface area contributed by atoms with Crippen LogP contribution >= 0.6 is 15.9 Å². The van der Waals surface area contributed by atoms with Crippen LogP contribution < -0.4 is 5.32 Å². The summed E-state index contributed by atoms with van der Waals surface area (Å²) in [6.07, 6.45) is -3.18. The average Bonchev–Trinajstić information content (AvgIpc) is 2.91. The Morgan fingerprint density at radius 1 is 1.33 bits per heavy atom. The minimum absolute atomic E-state index is 0.255. The van der Waals surface area contributed by atoms with Crippen LogP contribution in [0.2, 0.25) is 0 Å². The number of nitrogens with one attached hydrogen (secondary N) is 1. The zero-order valence-electron chi connectivity index (χ0n) is 10.9. The van der Waals surface area contributed by atoms with Gasteiger partial charge >= 0.3 is 6.18 Å². The van der Waals surface area contributed by atoms with E-state index in [2.05, 4.69) is 21.2 Å². The number of hydrogen-bond donors (Lipinski definition) is 1. The van der Waals surface area contributed by atoms with E-state index in [9.17, 15) is 18.0 Å². The van der Waals surface area contributed by atoms with Gasteiger partial charge in [-0.3, -0.25) is 4.79 Å². The largest absolute Gasteiger partial charge is 0.467 e. The molecule has 0 radical (unpaired) electrons. The SMILES string of the molecule is CC(NC(=O)c1ccc(Br)cc1C(F)(F)F)c1ccco1. The summed E-state index contributed by atoms with van der Waals surface area (Å²) in [6.45, 7) is 1.63. The molecule has 3 nitrogen and oxygen atoms in total. The predicted molar refractivity (Wildman–Crippen MR) is 73.7 cm³/mol. The molecule has 1 amide bonds. The molecule has 21 heavy (non-hydrogen) atoms. The van der Waals surface area contributed by atoms with Crippen LogP contribution in [0.3, 0.4) is 0 Å². The first-order valence-electron chi connectivity index (χ1n) is 6.00. The van der Waals surface area contributed by atoms with E-state index in [-0.39, 0.29) is 4.47 Å². The van der Waals surface area contributed by atoms with Crippen LogP contribution in [-0.2, 0) is 6.18 Å². The molecule has 2 rings (SSSR count). The second kappa shape index (κ2) is 5.93. The van der Waals surface area contributed by atoms with Crippen LogP contribution in [0.15, 0.2) is 45.5 Å². The van der Waals surface area contributed by atoms with Crippen molar-refractivity contribution in [3.63, 3.8) is 0 Å². The molecular formula is C14H11BrF3NO2. The molecule has 1 N–H and O–H groups in total. The van der Waals surface area contributed by atoms with Crippen molar-refractivity contribution in [1.29, 1.82) is 0 Å². The Balaban J connectivity index is 2.27. The van der Waals surface area contributed by atoms with E-state index in [1.165, 1.54) is 12.3 Å². The van der Waals surface area contributed by atoms with Crippen LogP contribution in [-0.4, -0.2) is 5.91 Å². The standard InChI is InChI=1S/C14H11BrF3NO2/c1-8(12-3-2-6-21-12)19-13(20)10-5-4-9(15)7-11(10)14(16,17)18/h2-8H,1H3,(H,19,20). The maximum Gasteiger partial charge on any atom is 0.417 e. The van der Waals surface area contributed by atoms with Crippen molar-refractivity contribution in [3.8, 4) is 0 Å². The average molecular weight is 362 g/mol.